The molecule has 0 saturated heterocycles. The molecule has 0 aliphatic heterocycles. The number of hydrogen-bond acceptors (Lipinski definition) is 2. The second-order valence-corrected chi connectivity index (χ2v) is 3.87. The Hall–Kier alpha value is -1.06. The van der Waals surface area contributed by atoms with Gasteiger partial charge in [-0.25, -0.2) is 4.98 Å². The first-order chi connectivity index (χ1) is 7.22. The summed E-state index contributed by atoms with van der Waals surface area (Å²) in [4.78, 5) is 4.46. The van der Waals surface area contributed by atoms with Gasteiger partial charge < -0.3 is 9.30 Å². The summed E-state index contributed by atoms with van der Waals surface area (Å²) in [7, 11) is 1.70. The van der Waals surface area contributed by atoms with Crippen molar-refractivity contribution in [2.45, 2.75) is 13.5 Å². The lowest BCUT2D eigenvalue weighted by Gasteiger charge is -2.05. The molecule has 4 heteroatoms. The van der Waals surface area contributed by atoms with Crippen molar-refractivity contribution in [3.63, 3.8) is 0 Å². The van der Waals surface area contributed by atoms with Crippen LogP contribution in [0.5, 0.6) is 0 Å². The number of aromatic nitrogens is 2. The van der Waals surface area contributed by atoms with E-state index in [2.05, 4.69) is 9.55 Å². The van der Waals surface area contributed by atoms with Gasteiger partial charge in [-0.15, -0.1) is 0 Å². The van der Waals surface area contributed by atoms with Crippen molar-refractivity contribution in [2.75, 3.05) is 13.7 Å². The van der Waals surface area contributed by atoms with Gasteiger partial charge in [0.2, 0.25) is 0 Å². The number of halogens is 1. The molecular weight excluding hydrogens is 212 g/mol. The minimum atomic E-state index is 0.679. The molecule has 15 heavy (non-hydrogen) atoms. The summed E-state index contributed by atoms with van der Waals surface area (Å²) in [6, 6.07) is 5.73. The number of methoxy groups -OCH3 is 1. The SMILES string of the molecule is COCCn1c(C)nc2ccc(Cl)cc21. The number of fused-ring (bicyclic) bond motifs is 1. The standard InChI is InChI=1S/C11H13ClN2O/c1-8-13-10-4-3-9(12)7-11(10)14(8)5-6-15-2/h3-4,7H,5-6H2,1-2H3. The summed E-state index contributed by atoms with van der Waals surface area (Å²) < 4.78 is 7.18. The van der Waals surface area contributed by atoms with Crippen molar-refractivity contribution < 1.29 is 4.74 Å². The summed E-state index contributed by atoms with van der Waals surface area (Å²) >= 11 is 5.96. The Balaban J connectivity index is 2.50. The first kappa shape index (κ1) is 10.5. The molecule has 0 N–H and O–H groups in total. The van der Waals surface area contributed by atoms with Gasteiger partial charge in [-0.3, -0.25) is 0 Å². The first-order valence-electron chi connectivity index (χ1n) is 4.83. The van der Waals surface area contributed by atoms with Crippen molar-refractivity contribution in [1.82, 2.24) is 9.55 Å². The van der Waals surface area contributed by atoms with Crippen molar-refractivity contribution in [2.24, 2.45) is 0 Å². The van der Waals surface area contributed by atoms with Crippen LogP contribution in [0.4, 0.5) is 0 Å². The van der Waals surface area contributed by atoms with E-state index in [0.29, 0.717) is 6.61 Å². The van der Waals surface area contributed by atoms with Gasteiger partial charge in [-0.2, -0.15) is 0 Å². The van der Waals surface area contributed by atoms with Crippen molar-refractivity contribution in [3.8, 4) is 0 Å². The molecule has 2 aromatic rings. The molecule has 1 aromatic carbocycles. The number of aryl methyl sites for hydroxylation is 1. The Morgan fingerprint density at radius 3 is 3.00 bits per heavy atom. The number of imidazole rings is 1. The van der Waals surface area contributed by atoms with Crippen LogP contribution < -0.4 is 0 Å². The Kier molecular flexibility index (Phi) is 2.93. The summed E-state index contributed by atoms with van der Waals surface area (Å²) in [5.74, 6) is 0.990. The zero-order valence-corrected chi connectivity index (χ0v) is 9.58. The van der Waals surface area contributed by atoms with E-state index >= 15 is 0 Å². The normalized spacial score (nSPS) is 11.1. The fraction of sp³-hybridized carbons (Fsp3) is 0.364. The molecule has 0 unspecified atom stereocenters. The van der Waals surface area contributed by atoms with Gasteiger partial charge in [0, 0.05) is 18.7 Å². The highest BCUT2D eigenvalue weighted by Crippen LogP contribution is 2.20. The third-order valence-electron chi connectivity index (χ3n) is 2.42. The van der Waals surface area contributed by atoms with Gasteiger partial charge in [0.25, 0.3) is 0 Å². The zero-order valence-electron chi connectivity index (χ0n) is 8.83. The van der Waals surface area contributed by atoms with E-state index < -0.39 is 0 Å². The lowest BCUT2D eigenvalue weighted by atomic mass is 10.3. The lowest BCUT2D eigenvalue weighted by Crippen LogP contribution is -2.05. The number of rotatable bonds is 3. The second kappa shape index (κ2) is 4.21. The van der Waals surface area contributed by atoms with Gasteiger partial charge in [0.1, 0.15) is 5.82 Å². The Morgan fingerprint density at radius 2 is 2.27 bits per heavy atom. The maximum absolute atomic E-state index is 5.96. The fourth-order valence-electron chi connectivity index (χ4n) is 1.68. The number of ether oxygens (including phenoxy) is 1. The van der Waals surface area contributed by atoms with Crippen LogP contribution in [0, 0.1) is 6.92 Å². The molecule has 1 heterocycles. The number of hydrogen-bond donors (Lipinski definition) is 0. The monoisotopic (exact) mass is 224 g/mol. The van der Waals surface area contributed by atoms with E-state index in [4.69, 9.17) is 16.3 Å². The average Bonchev–Trinajstić information content (AvgIpc) is 2.51. The third-order valence-corrected chi connectivity index (χ3v) is 2.66. The predicted octanol–water partition coefficient (Wildman–Crippen LogP) is 2.64. The molecule has 3 nitrogen and oxygen atoms in total. The zero-order chi connectivity index (χ0) is 10.8. The maximum atomic E-state index is 5.96. The molecule has 1 aromatic heterocycles. The van der Waals surface area contributed by atoms with Crippen LogP contribution in [0.2, 0.25) is 5.02 Å². The molecule has 0 bridgehead atoms. The molecule has 80 valence electrons. The summed E-state index contributed by atoms with van der Waals surface area (Å²) in [5, 5.41) is 0.737. The van der Waals surface area contributed by atoms with Gasteiger partial charge in [0.15, 0.2) is 0 Å². The van der Waals surface area contributed by atoms with Crippen LogP contribution >= 0.6 is 11.6 Å². The van der Waals surface area contributed by atoms with E-state index in [-0.39, 0.29) is 0 Å². The third kappa shape index (κ3) is 1.98. The Morgan fingerprint density at radius 1 is 1.47 bits per heavy atom. The molecule has 0 radical (unpaired) electrons. The van der Waals surface area contributed by atoms with Crippen molar-refractivity contribution in [3.05, 3.63) is 29.0 Å². The molecule has 0 amide bonds. The van der Waals surface area contributed by atoms with Gasteiger partial charge in [-0.1, -0.05) is 11.6 Å². The molecule has 0 aliphatic carbocycles. The van der Waals surface area contributed by atoms with Crippen LogP contribution in [0.1, 0.15) is 5.82 Å². The topological polar surface area (TPSA) is 27.1 Å². The minimum Gasteiger partial charge on any atom is -0.383 e. The molecule has 0 spiro atoms. The second-order valence-electron chi connectivity index (χ2n) is 3.44. The smallest absolute Gasteiger partial charge is 0.106 e. The molecule has 0 aliphatic rings. The quantitative estimate of drug-likeness (QED) is 0.802. The number of nitrogens with zero attached hydrogens (tertiary/aromatic N) is 2. The van der Waals surface area contributed by atoms with Gasteiger partial charge >= 0.3 is 0 Å². The van der Waals surface area contributed by atoms with E-state index in [0.717, 1.165) is 28.4 Å². The largest absolute Gasteiger partial charge is 0.383 e. The van der Waals surface area contributed by atoms with Gasteiger partial charge in [0.05, 0.1) is 17.6 Å². The predicted molar refractivity (Wildman–Crippen MR) is 61.4 cm³/mol. The minimum absolute atomic E-state index is 0.679. The van der Waals surface area contributed by atoms with Crippen LogP contribution in [-0.2, 0) is 11.3 Å². The maximum Gasteiger partial charge on any atom is 0.106 e. The van der Waals surface area contributed by atoms with E-state index in [1.807, 2.05) is 25.1 Å². The number of benzene rings is 1. The fourth-order valence-corrected chi connectivity index (χ4v) is 1.85. The molecule has 0 atom stereocenters. The Labute approximate surface area is 93.6 Å². The van der Waals surface area contributed by atoms with Crippen molar-refractivity contribution in [1.29, 1.82) is 0 Å². The molecule has 0 saturated carbocycles. The summed E-state index contributed by atoms with van der Waals surface area (Å²) in [6.07, 6.45) is 0. The molecule has 0 fully saturated rings. The van der Waals surface area contributed by atoms with E-state index in [1.165, 1.54) is 0 Å². The highest BCUT2D eigenvalue weighted by molar-refractivity contribution is 6.31. The average molecular weight is 225 g/mol. The van der Waals surface area contributed by atoms with Crippen molar-refractivity contribution >= 4 is 22.6 Å². The molecular formula is C11H13ClN2O. The van der Waals surface area contributed by atoms with Gasteiger partial charge in [-0.05, 0) is 25.1 Å². The van der Waals surface area contributed by atoms with Crippen LogP contribution in [-0.4, -0.2) is 23.3 Å². The van der Waals surface area contributed by atoms with E-state index in [1.54, 1.807) is 7.11 Å². The summed E-state index contributed by atoms with van der Waals surface area (Å²) in [5.41, 5.74) is 2.05. The lowest BCUT2D eigenvalue weighted by molar-refractivity contribution is 0.187. The van der Waals surface area contributed by atoms with Crippen LogP contribution in [0.25, 0.3) is 11.0 Å². The highest BCUT2D eigenvalue weighted by Gasteiger charge is 2.06. The first-order valence-corrected chi connectivity index (χ1v) is 5.21. The summed E-state index contributed by atoms with van der Waals surface area (Å²) in [6.45, 7) is 3.47. The van der Waals surface area contributed by atoms with Crippen LogP contribution in [0.15, 0.2) is 18.2 Å². The highest BCUT2D eigenvalue weighted by atomic mass is 35.5. The van der Waals surface area contributed by atoms with Crippen LogP contribution in [0.3, 0.4) is 0 Å². The Bertz CT molecular complexity index is 479. The van der Waals surface area contributed by atoms with E-state index in [9.17, 15) is 0 Å². The molecule has 2 rings (SSSR count).